The predicted octanol–water partition coefficient (Wildman–Crippen LogP) is 2.53. The van der Waals surface area contributed by atoms with Crippen molar-refractivity contribution < 1.29 is 4.74 Å². The molecule has 0 amide bonds. The van der Waals surface area contributed by atoms with Crippen LogP contribution in [-0.4, -0.2) is 27.0 Å². The molecule has 0 aliphatic heterocycles. The maximum absolute atomic E-state index is 11.7. The highest BCUT2D eigenvalue weighted by atomic mass is 16.5. The van der Waals surface area contributed by atoms with Gasteiger partial charge in [0.1, 0.15) is 0 Å². The van der Waals surface area contributed by atoms with E-state index in [-0.39, 0.29) is 18.1 Å². The van der Waals surface area contributed by atoms with Gasteiger partial charge in [0.05, 0.1) is 23.5 Å². The van der Waals surface area contributed by atoms with Gasteiger partial charge in [-0.15, -0.1) is 0 Å². The third kappa shape index (κ3) is 3.26. The summed E-state index contributed by atoms with van der Waals surface area (Å²) in [6, 6.07) is 5.55. The highest BCUT2D eigenvalue weighted by molar-refractivity contribution is 5.85. The normalized spacial score (nSPS) is 11.0. The molecule has 0 aliphatic rings. The van der Waals surface area contributed by atoms with E-state index in [9.17, 15) is 4.79 Å². The smallest absolute Gasteiger partial charge is 0.252 e. The molecule has 0 fully saturated rings. The number of aromatic amines is 1. The number of hydrogen-bond donors (Lipinski definition) is 2. The summed E-state index contributed by atoms with van der Waals surface area (Å²) in [7, 11) is 1.55. The Balaban J connectivity index is 2.03. The second-order valence-corrected chi connectivity index (χ2v) is 5.75. The lowest BCUT2D eigenvalue weighted by Gasteiger charge is -2.10. The number of anilines is 2. The molecule has 0 radical (unpaired) electrons. The summed E-state index contributed by atoms with van der Waals surface area (Å²) < 4.78 is 5.02. The molecule has 0 atom stereocenters. The van der Waals surface area contributed by atoms with Crippen LogP contribution in [0.1, 0.15) is 22.5 Å². The SMILES string of the molecule is COCc1cc(=O)[nH]c(Nc2nc(C)c3cc(C)cc(C)c3n2)n1. The van der Waals surface area contributed by atoms with Gasteiger partial charge in [-0.3, -0.25) is 15.1 Å². The molecule has 0 saturated heterocycles. The Morgan fingerprint density at radius 1 is 1.12 bits per heavy atom. The van der Waals surface area contributed by atoms with Gasteiger partial charge >= 0.3 is 0 Å². The summed E-state index contributed by atoms with van der Waals surface area (Å²) in [5, 5.41) is 3.99. The van der Waals surface area contributed by atoms with Gasteiger partial charge in [-0.05, 0) is 32.4 Å². The van der Waals surface area contributed by atoms with Crippen LogP contribution in [0.2, 0.25) is 0 Å². The highest BCUT2D eigenvalue weighted by Gasteiger charge is 2.09. The average Bonchev–Trinajstić information content (AvgIpc) is 2.48. The van der Waals surface area contributed by atoms with Crippen LogP contribution in [0.3, 0.4) is 0 Å². The zero-order valence-electron chi connectivity index (χ0n) is 14.1. The zero-order chi connectivity index (χ0) is 17.3. The third-order valence-corrected chi connectivity index (χ3v) is 3.64. The topological polar surface area (TPSA) is 92.8 Å². The molecule has 0 spiro atoms. The quantitative estimate of drug-likeness (QED) is 0.766. The van der Waals surface area contributed by atoms with Crippen molar-refractivity contribution in [1.82, 2.24) is 19.9 Å². The molecular formula is C17H19N5O2. The van der Waals surface area contributed by atoms with Crippen LogP contribution >= 0.6 is 0 Å². The Morgan fingerprint density at radius 3 is 2.67 bits per heavy atom. The van der Waals surface area contributed by atoms with Crippen molar-refractivity contribution in [1.29, 1.82) is 0 Å². The maximum atomic E-state index is 11.7. The molecule has 0 bridgehead atoms. The summed E-state index contributed by atoms with van der Waals surface area (Å²) in [5.41, 5.74) is 4.27. The molecule has 0 unspecified atom stereocenters. The first kappa shape index (κ1) is 16.1. The van der Waals surface area contributed by atoms with Gasteiger partial charge in [-0.2, -0.15) is 0 Å². The summed E-state index contributed by atoms with van der Waals surface area (Å²) in [6.45, 7) is 6.26. The van der Waals surface area contributed by atoms with Crippen LogP contribution < -0.4 is 10.9 Å². The summed E-state index contributed by atoms with van der Waals surface area (Å²) in [6.07, 6.45) is 0. The van der Waals surface area contributed by atoms with Gasteiger partial charge in [-0.1, -0.05) is 11.6 Å². The van der Waals surface area contributed by atoms with E-state index in [0.29, 0.717) is 11.6 Å². The van der Waals surface area contributed by atoms with Crippen molar-refractivity contribution in [3.05, 3.63) is 51.1 Å². The van der Waals surface area contributed by atoms with Gasteiger partial charge in [0.2, 0.25) is 11.9 Å². The Hall–Kier alpha value is -2.80. The number of ether oxygens (including phenoxy) is 1. The lowest BCUT2D eigenvalue weighted by Crippen LogP contribution is -2.13. The highest BCUT2D eigenvalue weighted by Crippen LogP contribution is 2.23. The molecule has 7 nitrogen and oxygen atoms in total. The Kier molecular flexibility index (Phi) is 4.26. The number of H-pyrrole nitrogens is 1. The van der Waals surface area contributed by atoms with Crippen LogP contribution in [-0.2, 0) is 11.3 Å². The van der Waals surface area contributed by atoms with Crippen molar-refractivity contribution in [3.8, 4) is 0 Å². The minimum absolute atomic E-state index is 0.259. The minimum Gasteiger partial charge on any atom is -0.378 e. The van der Waals surface area contributed by atoms with E-state index < -0.39 is 0 Å². The molecule has 2 N–H and O–H groups in total. The number of nitrogens with zero attached hydrogens (tertiary/aromatic N) is 3. The van der Waals surface area contributed by atoms with Gasteiger partial charge in [0.25, 0.3) is 5.56 Å². The molecule has 2 aromatic heterocycles. The number of nitrogens with one attached hydrogen (secondary N) is 2. The molecule has 3 rings (SSSR count). The number of methoxy groups -OCH3 is 1. The number of aryl methyl sites for hydroxylation is 3. The van der Waals surface area contributed by atoms with Gasteiger partial charge in [0, 0.05) is 18.6 Å². The van der Waals surface area contributed by atoms with Crippen molar-refractivity contribution >= 4 is 22.8 Å². The van der Waals surface area contributed by atoms with Crippen molar-refractivity contribution in [3.63, 3.8) is 0 Å². The molecule has 1 aromatic carbocycles. The van der Waals surface area contributed by atoms with Gasteiger partial charge < -0.3 is 4.74 Å². The first-order valence-electron chi connectivity index (χ1n) is 7.58. The monoisotopic (exact) mass is 325 g/mol. The lowest BCUT2D eigenvalue weighted by atomic mass is 10.1. The number of hydrogen-bond acceptors (Lipinski definition) is 6. The van der Waals surface area contributed by atoms with E-state index in [1.807, 2.05) is 20.8 Å². The first-order valence-corrected chi connectivity index (χ1v) is 7.58. The van der Waals surface area contributed by atoms with E-state index in [2.05, 4.69) is 37.4 Å². The van der Waals surface area contributed by atoms with E-state index in [1.165, 1.54) is 11.6 Å². The Morgan fingerprint density at radius 2 is 1.92 bits per heavy atom. The van der Waals surface area contributed by atoms with Crippen LogP contribution in [0, 0.1) is 20.8 Å². The van der Waals surface area contributed by atoms with Crippen LogP contribution in [0.5, 0.6) is 0 Å². The average molecular weight is 325 g/mol. The molecule has 2 heterocycles. The molecule has 3 aromatic rings. The fourth-order valence-electron chi connectivity index (χ4n) is 2.68. The number of aromatic nitrogens is 4. The van der Waals surface area contributed by atoms with Gasteiger partial charge in [0.15, 0.2) is 0 Å². The fourth-order valence-corrected chi connectivity index (χ4v) is 2.68. The first-order chi connectivity index (χ1) is 11.5. The van der Waals surface area contributed by atoms with Crippen molar-refractivity contribution in [2.75, 3.05) is 12.4 Å². The maximum Gasteiger partial charge on any atom is 0.252 e. The van der Waals surface area contributed by atoms with E-state index >= 15 is 0 Å². The Bertz CT molecular complexity index is 965. The molecule has 0 saturated carbocycles. The van der Waals surface area contributed by atoms with Crippen molar-refractivity contribution in [2.24, 2.45) is 0 Å². The lowest BCUT2D eigenvalue weighted by molar-refractivity contribution is 0.181. The second kappa shape index (κ2) is 6.37. The zero-order valence-corrected chi connectivity index (χ0v) is 14.1. The third-order valence-electron chi connectivity index (χ3n) is 3.64. The molecular weight excluding hydrogens is 306 g/mol. The minimum atomic E-state index is -0.260. The molecule has 7 heteroatoms. The van der Waals surface area contributed by atoms with Crippen LogP contribution in [0.25, 0.3) is 10.9 Å². The number of rotatable bonds is 4. The number of fused-ring (bicyclic) bond motifs is 1. The molecule has 24 heavy (non-hydrogen) atoms. The van der Waals surface area contributed by atoms with Crippen molar-refractivity contribution in [2.45, 2.75) is 27.4 Å². The number of benzene rings is 1. The van der Waals surface area contributed by atoms with Crippen LogP contribution in [0.15, 0.2) is 23.0 Å². The van der Waals surface area contributed by atoms with Gasteiger partial charge in [-0.25, -0.2) is 15.0 Å². The largest absolute Gasteiger partial charge is 0.378 e. The van der Waals surface area contributed by atoms with E-state index in [4.69, 9.17) is 4.74 Å². The van der Waals surface area contributed by atoms with E-state index in [0.717, 1.165) is 22.2 Å². The summed E-state index contributed by atoms with van der Waals surface area (Å²) in [4.78, 5) is 27.7. The molecule has 124 valence electrons. The summed E-state index contributed by atoms with van der Waals surface area (Å²) in [5.74, 6) is 0.683. The molecule has 0 aliphatic carbocycles. The van der Waals surface area contributed by atoms with E-state index in [1.54, 1.807) is 7.11 Å². The summed E-state index contributed by atoms with van der Waals surface area (Å²) >= 11 is 0. The Labute approximate surface area is 139 Å². The second-order valence-electron chi connectivity index (χ2n) is 5.75. The standard InChI is InChI=1S/C17H19N5O2/c1-9-5-10(2)15-13(6-9)11(3)18-16(21-15)22-17-19-12(8-24-4)7-14(23)20-17/h5-7H,8H2,1-4H3,(H2,18,19,20,21,22,23). The predicted molar refractivity (Wildman–Crippen MR) is 92.6 cm³/mol. The fraction of sp³-hybridized carbons (Fsp3) is 0.294. The van der Waals surface area contributed by atoms with Crippen LogP contribution in [0.4, 0.5) is 11.9 Å².